The number of nitrogens with zero attached hydrogens (tertiary/aromatic N) is 1. The van der Waals surface area contributed by atoms with Crippen molar-refractivity contribution in [2.75, 3.05) is 7.05 Å². The van der Waals surface area contributed by atoms with Crippen molar-refractivity contribution in [3.63, 3.8) is 0 Å². The van der Waals surface area contributed by atoms with Crippen LogP contribution in [0.15, 0.2) is 6.07 Å². The van der Waals surface area contributed by atoms with Crippen LogP contribution in [0.3, 0.4) is 0 Å². The number of aromatic nitrogens is 1. The predicted octanol–water partition coefficient (Wildman–Crippen LogP) is -0.873. The lowest BCUT2D eigenvalue weighted by molar-refractivity contribution is -0.116. The standard InChI is InChI=1S/C8H8N2O5/c1-9-7(14)5(12)3-2-4(11)6(13)8(15)10-3/h2,13H,1H3,(H,9,14)(H2,10,11,15). The molecule has 15 heavy (non-hydrogen) atoms. The minimum Gasteiger partial charge on any atom is -0.504 e. The van der Waals surface area contributed by atoms with Crippen LogP contribution in [-0.4, -0.2) is 39.0 Å². The molecule has 0 radical (unpaired) electrons. The average molecular weight is 212 g/mol. The summed E-state index contributed by atoms with van der Waals surface area (Å²) in [6, 6.07) is 0.784. The van der Waals surface area contributed by atoms with E-state index in [-0.39, 0.29) is 0 Å². The van der Waals surface area contributed by atoms with Gasteiger partial charge in [-0.3, -0.25) is 9.59 Å². The highest BCUT2D eigenvalue weighted by atomic mass is 16.3. The molecule has 4 N–H and O–H groups in total. The number of carbonyl (C=O) groups is 2. The van der Waals surface area contributed by atoms with E-state index in [0.717, 1.165) is 6.07 Å². The SMILES string of the molecule is CNC(=O)C(=O)c1cc(O)c(O)c(O)n1. The summed E-state index contributed by atoms with van der Waals surface area (Å²) < 4.78 is 0. The van der Waals surface area contributed by atoms with Gasteiger partial charge in [-0.25, -0.2) is 4.98 Å². The lowest BCUT2D eigenvalue weighted by Gasteiger charge is -2.02. The van der Waals surface area contributed by atoms with E-state index in [1.54, 1.807) is 0 Å². The van der Waals surface area contributed by atoms with Crippen LogP contribution in [0, 0.1) is 0 Å². The van der Waals surface area contributed by atoms with E-state index in [2.05, 4.69) is 10.3 Å². The first-order chi connectivity index (χ1) is 6.97. The second-order valence-corrected chi connectivity index (χ2v) is 2.61. The predicted molar refractivity (Wildman–Crippen MR) is 47.6 cm³/mol. The van der Waals surface area contributed by atoms with Crippen molar-refractivity contribution in [1.82, 2.24) is 10.3 Å². The van der Waals surface area contributed by atoms with E-state index >= 15 is 0 Å². The van der Waals surface area contributed by atoms with Crippen LogP contribution in [0.25, 0.3) is 0 Å². The molecular weight excluding hydrogens is 204 g/mol. The van der Waals surface area contributed by atoms with Crippen molar-refractivity contribution in [1.29, 1.82) is 0 Å². The molecule has 0 saturated heterocycles. The van der Waals surface area contributed by atoms with Crippen LogP contribution in [0.4, 0.5) is 0 Å². The summed E-state index contributed by atoms with van der Waals surface area (Å²) in [6.45, 7) is 0. The summed E-state index contributed by atoms with van der Waals surface area (Å²) in [4.78, 5) is 25.3. The van der Waals surface area contributed by atoms with Crippen molar-refractivity contribution in [2.24, 2.45) is 0 Å². The third kappa shape index (κ3) is 1.96. The Morgan fingerprint density at radius 3 is 2.40 bits per heavy atom. The van der Waals surface area contributed by atoms with E-state index in [1.807, 2.05) is 0 Å². The van der Waals surface area contributed by atoms with Crippen LogP contribution in [-0.2, 0) is 4.79 Å². The summed E-state index contributed by atoms with van der Waals surface area (Å²) in [6.07, 6.45) is 0. The fourth-order valence-electron chi connectivity index (χ4n) is 0.858. The zero-order chi connectivity index (χ0) is 11.6. The molecule has 7 heteroatoms. The van der Waals surface area contributed by atoms with Gasteiger partial charge in [-0.05, 0) is 0 Å². The van der Waals surface area contributed by atoms with Crippen molar-refractivity contribution in [3.8, 4) is 17.4 Å². The molecule has 0 saturated carbocycles. The Balaban J connectivity index is 3.17. The zero-order valence-electron chi connectivity index (χ0n) is 7.68. The van der Waals surface area contributed by atoms with Gasteiger partial charge in [0.2, 0.25) is 5.75 Å². The second kappa shape index (κ2) is 3.82. The first kappa shape index (κ1) is 10.8. The van der Waals surface area contributed by atoms with Crippen LogP contribution in [0.5, 0.6) is 17.4 Å². The second-order valence-electron chi connectivity index (χ2n) is 2.61. The van der Waals surface area contributed by atoms with Crippen molar-refractivity contribution < 1.29 is 24.9 Å². The smallest absolute Gasteiger partial charge is 0.293 e. The highest BCUT2D eigenvalue weighted by Crippen LogP contribution is 2.32. The number of hydrogen-bond acceptors (Lipinski definition) is 6. The molecule has 0 aliphatic heterocycles. The van der Waals surface area contributed by atoms with Crippen LogP contribution >= 0.6 is 0 Å². The van der Waals surface area contributed by atoms with E-state index in [9.17, 15) is 9.59 Å². The molecule has 0 unspecified atom stereocenters. The number of rotatable bonds is 2. The van der Waals surface area contributed by atoms with Gasteiger partial charge in [0.15, 0.2) is 5.75 Å². The maximum Gasteiger partial charge on any atom is 0.293 e. The molecule has 0 spiro atoms. The average Bonchev–Trinajstić information content (AvgIpc) is 2.23. The summed E-state index contributed by atoms with van der Waals surface area (Å²) in [5.41, 5.74) is -0.456. The summed E-state index contributed by atoms with van der Waals surface area (Å²) in [5, 5.41) is 29.0. The highest BCUT2D eigenvalue weighted by molar-refractivity contribution is 6.42. The Hall–Kier alpha value is -2.31. The molecule has 7 nitrogen and oxygen atoms in total. The molecule has 0 aromatic carbocycles. The van der Waals surface area contributed by atoms with Gasteiger partial charge in [0.25, 0.3) is 17.6 Å². The molecule has 1 amide bonds. The molecule has 0 bridgehead atoms. The number of ketones is 1. The summed E-state index contributed by atoms with van der Waals surface area (Å²) in [5.74, 6) is -4.45. The lowest BCUT2D eigenvalue weighted by Crippen LogP contribution is -2.28. The normalized spacial score (nSPS) is 9.67. The van der Waals surface area contributed by atoms with E-state index in [1.165, 1.54) is 7.05 Å². The zero-order valence-corrected chi connectivity index (χ0v) is 7.68. The molecule has 1 aromatic rings. The van der Waals surface area contributed by atoms with Gasteiger partial charge >= 0.3 is 0 Å². The van der Waals surface area contributed by atoms with Crippen LogP contribution in [0.2, 0.25) is 0 Å². The summed E-state index contributed by atoms with van der Waals surface area (Å²) >= 11 is 0. The summed E-state index contributed by atoms with van der Waals surface area (Å²) in [7, 11) is 1.25. The third-order valence-corrected chi connectivity index (χ3v) is 1.62. The van der Waals surface area contributed by atoms with Crippen molar-refractivity contribution in [2.45, 2.75) is 0 Å². The quantitative estimate of drug-likeness (QED) is 0.373. The van der Waals surface area contributed by atoms with Gasteiger partial charge in [0.1, 0.15) is 5.69 Å². The first-order valence-corrected chi connectivity index (χ1v) is 3.85. The number of Topliss-reactive ketones (excluding diaryl/α,β-unsaturated/α-hetero) is 1. The maximum atomic E-state index is 11.2. The number of aromatic hydroxyl groups is 3. The topological polar surface area (TPSA) is 120 Å². The Kier molecular flexibility index (Phi) is 2.75. The van der Waals surface area contributed by atoms with Gasteiger partial charge in [-0.2, -0.15) is 0 Å². The van der Waals surface area contributed by atoms with E-state index in [0.29, 0.717) is 0 Å². The highest BCUT2D eigenvalue weighted by Gasteiger charge is 2.20. The number of nitrogens with one attached hydrogen (secondary N) is 1. The maximum absolute atomic E-state index is 11.2. The van der Waals surface area contributed by atoms with Crippen LogP contribution in [0.1, 0.15) is 10.5 Å². The number of carbonyl (C=O) groups excluding carboxylic acids is 2. The van der Waals surface area contributed by atoms with Gasteiger partial charge in [-0.1, -0.05) is 0 Å². The van der Waals surface area contributed by atoms with Crippen molar-refractivity contribution in [3.05, 3.63) is 11.8 Å². The molecule has 1 rings (SSSR count). The molecule has 1 aromatic heterocycles. The third-order valence-electron chi connectivity index (χ3n) is 1.62. The fraction of sp³-hybridized carbons (Fsp3) is 0.125. The number of pyridine rings is 1. The van der Waals surface area contributed by atoms with E-state index in [4.69, 9.17) is 15.3 Å². The van der Waals surface area contributed by atoms with Gasteiger partial charge in [0, 0.05) is 13.1 Å². The largest absolute Gasteiger partial charge is 0.504 e. The van der Waals surface area contributed by atoms with Gasteiger partial charge in [0.05, 0.1) is 0 Å². The van der Waals surface area contributed by atoms with Crippen LogP contribution < -0.4 is 5.32 Å². The monoisotopic (exact) mass is 212 g/mol. The van der Waals surface area contributed by atoms with E-state index < -0.39 is 34.8 Å². The van der Waals surface area contributed by atoms with Crippen molar-refractivity contribution >= 4 is 11.7 Å². The number of amides is 1. The molecule has 0 aliphatic rings. The molecular formula is C8H8N2O5. The lowest BCUT2D eigenvalue weighted by atomic mass is 10.2. The molecule has 0 atom stereocenters. The Morgan fingerprint density at radius 1 is 1.33 bits per heavy atom. The fourth-order valence-corrected chi connectivity index (χ4v) is 0.858. The molecule has 80 valence electrons. The Bertz CT molecular complexity index is 406. The Morgan fingerprint density at radius 2 is 1.93 bits per heavy atom. The van der Waals surface area contributed by atoms with Gasteiger partial charge in [-0.15, -0.1) is 0 Å². The van der Waals surface area contributed by atoms with Gasteiger partial charge < -0.3 is 20.6 Å². The first-order valence-electron chi connectivity index (χ1n) is 3.85. The molecule has 0 aliphatic carbocycles. The molecule has 1 heterocycles. The minimum atomic E-state index is -1.02. The number of likely N-dealkylation sites (N-methyl/N-ethyl adjacent to an activating group) is 1. The molecule has 0 fully saturated rings. The Labute approximate surface area is 84.0 Å². The minimum absolute atomic E-state index is 0.456. The number of hydrogen-bond donors (Lipinski definition) is 4.